The molecular formula is C26H26N4O5. The number of aryl methyl sites for hydroxylation is 2. The number of H-pyrrole nitrogens is 2. The van der Waals surface area contributed by atoms with Gasteiger partial charge in [-0.25, -0.2) is 9.79 Å². The van der Waals surface area contributed by atoms with Gasteiger partial charge in [0.15, 0.2) is 0 Å². The topological polar surface area (TPSA) is 137 Å². The zero-order valence-corrected chi connectivity index (χ0v) is 19.4. The van der Waals surface area contributed by atoms with E-state index >= 15 is 0 Å². The van der Waals surface area contributed by atoms with Crippen molar-refractivity contribution in [2.24, 2.45) is 4.99 Å². The smallest absolute Gasteiger partial charge is 0.328 e. The van der Waals surface area contributed by atoms with Crippen LogP contribution in [0.4, 0.5) is 0 Å². The molecule has 0 spiro atoms. The number of rotatable bonds is 8. The van der Waals surface area contributed by atoms with Gasteiger partial charge in [-0.15, -0.1) is 0 Å². The molecule has 1 aromatic heterocycles. The van der Waals surface area contributed by atoms with Gasteiger partial charge < -0.3 is 20.3 Å². The number of methoxy groups -OCH3 is 1. The molecule has 3 aromatic rings. The van der Waals surface area contributed by atoms with Gasteiger partial charge in [-0.2, -0.15) is 0 Å². The highest BCUT2D eigenvalue weighted by Gasteiger charge is 2.25. The lowest BCUT2D eigenvalue weighted by Crippen LogP contribution is -2.41. The fourth-order valence-corrected chi connectivity index (χ4v) is 4.10. The quantitative estimate of drug-likeness (QED) is 0.362. The predicted octanol–water partition coefficient (Wildman–Crippen LogP) is 1.09. The van der Waals surface area contributed by atoms with E-state index in [1.54, 1.807) is 18.2 Å². The lowest BCUT2D eigenvalue weighted by molar-refractivity contribution is -0.144. The minimum Gasteiger partial charge on any atom is -0.508 e. The van der Waals surface area contributed by atoms with Crippen LogP contribution >= 0.6 is 0 Å². The summed E-state index contributed by atoms with van der Waals surface area (Å²) in [7, 11) is 1.27. The van der Waals surface area contributed by atoms with Crippen molar-refractivity contribution in [3.63, 3.8) is 0 Å². The molecular weight excluding hydrogens is 448 g/mol. The minimum absolute atomic E-state index is 0.157. The van der Waals surface area contributed by atoms with Gasteiger partial charge >= 0.3 is 5.97 Å². The Hall–Kier alpha value is -4.40. The zero-order valence-electron chi connectivity index (χ0n) is 19.4. The summed E-state index contributed by atoms with van der Waals surface area (Å²) in [5, 5.41) is 19.3. The molecule has 1 aliphatic rings. The van der Waals surface area contributed by atoms with Crippen molar-refractivity contribution in [3.8, 4) is 5.75 Å². The number of amides is 1. The number of phenolic OH excluding ortho intramolecular Hbond substituents is 1. The summed E-state index contributed by atoms with van der Waals surface area (Å²) >= 11 is 0. The van der Waals surface area contributed by atoms with Crippen molar-refractivity contribution in [2.75, 3.05) is 7.11 Å². The van der Waals surface area contributed by atoms with E-state index in [0.29, 0.717) is 29.8 Å². The highest BCUT2D eigenvalue weighted by molar-refractivity contribution is 5.86. The first-order chi connectivity index (χ1) is 16.9. The molecule has 1 aliphatic heterocycles. The summed E-state index contributed by atoms with van der Waals surface area (Å²) in [5.74, 6) is -0.719. The maximum absolute atomic E-state index is 12.6. The predicted molar refractivity (Wildman–Crippen MR) is 130 cm³/mol. The first-order valence-electron chi connectivity index (χ1n) is 11.2. The van der Waals surface area contributed by atoms with Crippen LogP contribution in [-0.2, 0) is 27.2 Å². The maximum atomic E-state index is 12.6. The van der Waals surface area contributed by atoms with Crippen molar-refractivity contribution >= 4 is 23.5 Å². The van der Waals surface area contributed by atoms with Gasteiger partial charge in [-0.05, 0) is 48.3 Å². The lowest BCUT2D eigenvalue weighted by Gasteiger charge is -2.16. The number of nitrogens with one attached hydrogen (secondary N) is 3. The summed E-state index contributed by atoms with van der Waals surface area (Å²) in [5.41, 5.74) is 3.17. The number of aromatic amines is 2. The normalized spacial score (nSPS) is 14.3. The third-order valence-corrected chi connectivity index (χ3v) is 5.83. The Morgan fingerprint density at radius 1 is 1.11 bits per heavy atom. The molecule has 1 amide bonds. The third kappa shape index (κ3) is 5.40. The van der Waals surface area contributed by atoms with Crippen LogP contribution in [0, 0.1) is 0 Å². The second-order valence-electron chi connectivity index (χ2n) is 8.26. The summed E-state index contributed by atoms with van der Waals surface area (Å²) in [6.45, 7) is 1.34. The van der Waals surface area contributed by atoms with E-state index < -0.39 is 12.0 Å². The van der Waals surface area contributed by atoms with E-state index in [0.717, 1.165) is 21.7 Å². The van der Waals surface area contributed by atoms with Gasteiger partial charge in [0.1, 0.15) is 11.8 Å². The van der Waals surface area contributed by atoms with Crippen molar-refractivity contribution in [2.45, 2.75) is 32.2 Å². The van der Waals surface area contributed by atoms with Gasteiger partial charge in [0.2, 0.25) is 5.91 Å². The van der Waals surface area contributed by atoms with Crippen LogP contribution in [0.3, 0.4) is 0 Å². The highest BCUT2D eigenvalue weighted by Crippen LogP contribution is 2.23. The van der Waals surface area contributed by atoms with E-state index in [4.69, 9.17) is 9.73 Å². The Labute approximate surface area is 200 Å². The zero-order chi connectivity index (χ0) is 24.9. The summed E-state index contributed by atoms with van der Waals surface area (Å²) < 4.78 is 4.88. The van der Waals surface area contributed by atoms with Crippen LogP contribution in [0.5, 0.6) is 5.75 Å². The van der Waals surface area contributed by atoms with Gasteiger partial charge in [0.25, 0.3) is 5.56 Å². The molecule has 9 heteroatoms. The van der Waals surface area contributed by atoms with Crippen LogP contribution in [0.1, 0.15) is 30.2 Å². The fourth-order valence-electron chi connectivity index (χ4n) is 4.10. The molecule has 1 unspecified atom stereocenters. The first kappa shape index (κ1) is 23.7. The van der Waals surface area contributed by atoms with E-state index in [1.165, 1.54) is 14.0 Å². The molecule has 2 heterocycles. The average molecular weight is 475 g/mol. The van der Waals surface area contributed by atoms with Crippen molar-refractivity contribution < 1.29 is 19.4 Å². The highest BCUT2D eigenvalue weighted by atomic mass is 16.5. The minimum atomic E-state index is -0.893. The Kier molecular flexibility index (Phi) is 6.96. The van der Waals surface area contributed by atoms with Crippen molar-refractivity contribution in [3.05, 3.63) is 92.0 Å². The molecule has 0 saturated heterocycles. The van der Waals surface area contributed by atoms with Gasteiger partial charge in [-0.3, -0.25) is 14.7 Å². The fraction of sp³-hybridized carbons (Fsp3) is 0.231. The summed E-state index contributed by atoms with van der Waals surface area (Å²) in [6.07, 6.45) is 3.08. The van der Waals surface area contributed by atoms with Gasteiger partial charge in [-0.1, -0.05) is 30.3 Å². The number of carbonyl (C=O) groups is 2. The number of phenols is 1. The van der Waals surface area contributed by atoms with Crippen molar-refractivity contribution in [1.82, 2.24) is 15.5 Å². The molecule has 180 valence electrons. The Morgan fingerprint density at radius 2 is 1.86 bits per heavy atom. The van der Waals surface area contributed by atoms with Gasteiger partial charge in [0, 0.05) is 24.3 Å². The number of benzene rings is 2. The molecule has 4 rings (SSSR count). The molecule has 2 aromatic carbocycles. The van der Waals surface area contributed by atoms with Crippen LogP contribution in [0.25, 0.3) is 11.6 Å². The number of esters is 1. The number of hydrogen-bond donors (Lipinski definition) is 4. The van der Waals surface area contributed by atoms with E-state index in [2.05, 4.69) is 15.5 Å². The van der Waals surface area contributed by atoms with Crippen molar-refractivity contribution in [1.29, 1.82) is 0 Å². The number of aromatic hydroxyl groups is 1. The van der Waals surface area contributed by atoms with Crippen LogP contribution < -0.4 is 21.5 Å². The van der Waals surface area contributed by atoms with E-state index in [9.17, 15) is 19.5 Å². The molecule has 35 heavy (non-hydrogen) atoms. The first-order valence-corrected chi connectivity index (χ1v) is 11.2. The lowest BCUT2D eigenvalue weighted by atomic mass is 9.99. The molecule has 1 atom stereocenters. The Morgan fingerprint density at radius 3 is 2.57 bits per heavy atom. The molecule has 0 aliphatic carbocycles. The van der Waals surface area contributed by atoms with Crippen LogP contribution in [0.15, 0.2) is 64.0 Å². The Balaban J connectivity index is 1.69. The SMILES string of the molecule is COC(=O)C(CC1=c2ccccc2=NC1=Cc1c(CCc2ccc(O)cc2)[nH][nH]c1=O)NC(C)=O. The molecule has 0 radical (unpaired) electrons. The van der Waals surface area contributed by atoms with Crippen LogP contribution in [0.2, 0.25) is 0 Å². The summed E-state index contributed by atoms with van der Waals surface area (Å²) in [4.78, 5) is 41.4. The summed E-state index contributed by atoms with van der Waals surface area (Å²) in [6, 6.07) is 13.5. The number of carbonyl (C=O) groups excluding carboxylic acids is 2. The molecule has 0 saturated carbocycles. The molecule has 4 N–H and O–H groups in total. The number of ether oxygens (including phenoxy) is 1. The Bertz CT molecular complexity index is 1460. The number of nitrogens with zero attached hydrogens (tertiary/aromatic N) is 1. The largest absolute Gasteiger partial charge is 0.508 e. The molecule has 9 nitrogen and oxygen atoms in total. The number of allylic oxidation sites excluding steroid dienone is 1. The number of para-hydroxylation sites is 1. The number of fused-ring (bicyclic) bond motifs is 1. The second kappa shape index (κ2) is 10.3. The number of hydrogen-bond acceptors (Lipinski definition) is 6. The maximum Gasteiger partial charge on any atom is 0.328 e. The van der Waals surface area contributed by atoms with Gasteiger partial charge in [0.05, 0.1) is 23.7 Å². The molecule has 0 fully saturated rings. The number of aromatic nitrogens is 2. The standard InChI is InChI=1S/C26H26N4O5/c1-15(31)27-24(26(34)35-2)13-19-18-5-3-4-6-21(18)28-23(19)14-20-22(29-30-25(20)33)12-9-16-7-10-17(32)11-8-16/h3-8,10-11,14,24,32H,9,12-13H2,1-2H3,(H,27,31)(H2,29,30,33). The monoisotopic (exact) mass is 474 g/mol. The second-order valence-corrected chi connectivity index (χ2v) is 8.26. The average Bonchev–Trinajstić information content (AvgIpc) is 3.37. The van der Waals surface area contributed by atoms with E-state index in [1.807, 2.05) is 36.4 Å². The molecule has 0 bridgehead atoms. The van der Waals surface area contributed by atoms with Crippen LogP contribution in [-0.4, -0.2) is 40.3 Å². The third-order valence-electron chi connectivity index (χ3n) is 5.83. The van der Waals surface area contributed by atoms with E-state index in [-0.39, 0.29) is 23.6 Å².